The van der Waals surface area contributed by atoms with Crippen LogP contribution in [0.4, 0.5) is 11.5 Å². The third-order valence-corrected chi connectivity index (χ3v) is 3.51. The zero-order chi connectivity index (χ0) is 16.1. The normalized spacial score (nSPS) is 10.6. The summed E-state index contributed by atoms with van der Waals surface area (Å²) in [5.74, 6) is 0.750. The molecule has 0 saturated heterocycles. The Balaban J connectivity index is 2.08. The second-order valence-electron chi connectivity index (χ2n) is 5.15. The van der Waals surface area contributed by atoms with E-state index in [1.54, 1.807) is 24.3 Å². The largest absolute Gasteiger partial charge is 0.370 e. The van der Waals surface area contributed by atoms with Crippen LogP contribution < -0.4 is 10.6 Å². The second-order valence-corrected chi connectivity index (χ2v) is 5.96. The van der Waals surface area contributed by atoms with Gasteiger partial charge in [-0.3, -0.25) is 4.79 Å². The molecule has 0 aliphatic heterocycles. The Morgan fingerprint density at radius 2 is 1.95 bits per heavy atom. The fourth-order valence-corrected chi connectivity index (χ4v) is 1.95. The van der Waals surface area contributed by atoms with Crippen molar-refractivity contribution in [2.75, 3.05) is 17.2 Å². The van der Waals surface area contributed by atoms with Gasteiger partial charge in [0.25, 0.3) is 5.91 Å². The van der Waals surface area contributed by atoms with E-state index in [0.29, 0.717) is 27.5 Å². The van der Waals surface area contributed by atoms with E-state index >= 15 is 0 Å². The van der Waals surface area contributed by atoms with Crippen LogP contribution in [0.3, 0.4) is 0 Å². The number of anilines is 2. The van der Waals surface area contributed by atoms with Gasteiger partial charge in [0.1, 0.15) is 17.8 Å². The first kappa shape index (κ1) is 16.5. The topological polar surface area (TPSA) is 66.9 Å². The van der Waals surface area contributed by atoms with Crippen molar-refractivity contribution in [2.45, 2.75) is 13.8 Å². The first-order valence-corrected chi connectivity index (χ1v) is 7.53. The molecule has 5 nitrogen and oxygen atoms in total. The summed E-state index contributed by atoms with van der Waals surface area (Å²) in [6.07, 6.45) is 1.35. The summed E-state index contributed by atoms with van der Waals surface area (Å²) in [5, 5.41) is 6.68. The SMILES string of the molecule is CC(C)CNc1cc(C(=O)Nc2ccc(Cl)c(Cl)c2)ncn1. The van der Waals surface area contributed by atoms with Crippen molar-refractivity contribution in [2.24, 2.45) is 5.92 Å². The maximum absolute atomic E-state index is 12.2. The molecule has 2 rings (SSSR count). The molecule has 0 fully saturated rings. The van der Waals surface area contributed by atoms with Crippen LogP contribution >= 0.6 is 23.2 Å². The monoisotopic (exact) mass is 338 g/mol. The van der Waals surface area contributed by atoms with Gasteiger partial charge in [-0.2, -0.15) is 0 Å². The van der Waals surface area contributed by atoms with Crippen molar-refractivity contribution >= 4 is 40.6 Å². The highest BCUT2D eigenvalue weighted by Gasteiger charge is 2.10. The van der Waals surface area contributed by atoms with Crippen LogP contribution in [0.5, 0.6) is 0 Å². The van der Waals surface area contributed by atoms with Crippen molar-refractivity contribution in [3.63, 3.8) is 0 Å². The minimum Gasteiger partial charge on any atom is -0.370 e. The van der Waals surface area contributed by atoms with Crippen LogP contribution in [0, 0.1) is 5.92 Å². The number of nitrogens with one attached hydrogen (secondary N) is 2. The smallest absolute Gasteiger partial charge is 0.274 e. The van der Waals surface area contributed by atoms with Crippen LogP contribution in [0.15, 0.2) is 30.6 Å². The van der Waals surface area contributed by atoms with Crippen molar-refractivity contribution in [1.82, 2.24) is 9.97 Å². The fraction of sp³-hybridized carbons (Fsp3) is 0.267. The first-order valence-electron chi connectivity index (χ1n) is 6.78. The summed E-state index contributed by atoms with van der Waals surface area (Å²) in [6, 6.07) is 6.48. The number of hydrogen-bond donors (Lipinski definition) is 2. The fourth-order valence-electron chi connectivity index (χ4n) is 1.66. The van der Waals surface area contributed by atoms with Crippen LogP contribution in [-0.4, -0.2) is 22.4 Å². The van der Waals surface area contributed by atoms with E-state index in [0.717, 1.165) is 6.54 Å². The molecule has 0 bridgehead atoms. The number of nitrogens with zero attached hydrogens (tertiary/aromatic N) is 2. The van der Waals surface area contributed by atoms with Crippen molar-refractivity contribution in [1.29, 1.82) is 0 Å². The molecular formula is C15H16Cl2N4O. The lowest BCUT2D eigenvalue weighted by Gasteiger charge is -2.09. The molecule has 116 valence electrons. The van der Waals surface area contributed by atoms with Gasteiger partial charge in [0.2, 0.25) is 0 Å². The lowest BCUT2D eigenvalue weighted by atomic mass is 10.2. The lowest BCUT2D eigenvalue weighted by Crippen LogP contribution is -2.15. The Bertz CT molecular complexity index is 676. The van der Waals surface area contributed by atoms with Crippen LogP contribution in [-0.2, 0) is 0 Å². The maximum atomic E-state index is 12.2. The summed E-state index contributed by atoms with van der Waals surface area (Å²) in [6.45, 7) is 4.95. The Hall–Kier alpha value is -1.85. The van der Waals surface area contributed by atoms with Gasteiger partial charge in [-0.25, -0.2) is 9.97 Å². The Morgan fingerprint density at radius 1 is 1.18 bits per heavy atom. The highest BCUT2D eigenvalue weighted by molar-refractivity contribution is 6.42. The highest BCUT2D eigenvalue weighted by Crippen LogP contribution is 2.25. The van der Waals surface area contributed by atoms with Gasteiger partial charge in [0.15, 0.2) is 0 Å². The van der Waals surface area contributed by atoms with Gasteiger partial charge in [-0.15, -0.1) is 0 Å². The van der Waals surface area contributed by atoms with Gasteiger partial charge in [0.05, 0.1) is 10.0 Å². The van der Waals surface area contributed by atoms with Gasteiger partial charge in [0, 0.05) is 18.3 Å². The quantitative estimate of drug-likeness (QED) is 0.860. The summed E-state index contributed by atoms with van der Waals surface area (Å²) >= 11 is 11.8. The molecule has 0 unspecified atom stereocenters. The molecular weight excluding hydrogens is 323 g/mol. The number of aromatic nitrogens is 2. The number of hydrogen-bond acceptors (Lipinski definition) is 4. The average Bonchev–Trinajstić information content (AvgIpc) is 2.49. The van der Waals surface area contributed by atoms with Gasteiger partial charge in [-0.1, -0.05) is 37.0 Å². The van der Waals surface area contributed by atoms with E-state index in [1.165, 1.54) is 6.33 Å². The molecule has 1 heterocycles. The molecule has 0 spiro atoms. The van der Waals surface area contributed by atoms with Crippen LogP contribution in [0.1, 0.15) is 24.3 Å². The second kappa shape index (κ2) is 7.42. The number of benzene rings is 1. The number of carbonyl (C=O) groups excluding carboxylic acids is 1. The average molecular weight is 339 g/mol. The number of halogens is 2. The number of rotatable bonds is 5. The molecule has 0 atom stereocenters. The summed E-state index contributed by atoms with van der Waals surface area (Å²) in [7, 11) is 0. The molecule has 1 aromatic carbocycles. The lowest BCUT2D eigenvalue weighted by molar-refractivity contribution is 0.102. The van der Waals surface area contributed by atoms with Crippen LogP contribution in [0.2, 0.25) is 10.0 Å². The van der Waals surface area contributed by atoms with E-state index in [1.807, 2.05) is 0 Å². The van der Waals surface area contributed by atoms with E-state index < -0.39 is 0 Å². The van der Waals surface area contributed by atoms with Crippen molar-refractivity contribution in [3.05, 3.63) is 46.3 Å². The first-order chi connectivity index (χ1) is 10.5. The Morgan fingerprint density at radius 3 is 2.64 bits per heavy atom. The van der Waals surface area contributed by atoms with Crippen LogP contribution in [0.25, 0.3) is 0 Å². The predicted molar refractivity (Wildman–Crippen MR) is 89.8 cm³/mol. The number of amides is 1. The van der Waals surface area contributed by atoms with Gasteiger partial charge in [-0.05, 0) is 24.1 Å². The zero-order valence-electron chi connectivity index (χ0n) is 12.2. The molecule has 1 amide bonds. The van der Waals surface area contributed by atoms with E-state index in [-0.39, 0.29) is 11.6 Å². The molecule has 0 aliphatic carbocycles. The van der Waals surface area contributed by atoms with Crippen molar-refractivity contribution in [3.8, 4) is 0 Å². The summed E-state index contributed by atoms with van der Waals surface area (Å²) < 4.78 is 0. The highest BCUT2D eigenvalue weighted by atomic mass is 35.5. The molecule has 2 aromatic rings. The third kappa shape index (κ3) is 4.58. The molecule has 22 heavy (non-hydrogen) atoms. The molecule has 7 heteroatoms. The minimum atomic E-state index is -0.339. The van der Waals surface area contributed by atoms with Gasteiger partial charge >= 0.3 is 0 Å². The predicted octanol–water partition coefficient (Wildman–Crippen LogP) is 4.10. The molecule has 0 saturated carbocycles. The number of carbonyl (C=O) groups is 1. The molecule has 2 N–H and O–H groups in total. The Kier molecular flexibility index (Phi) is 5.57. The maximum Gasteiger partial charge on any atom is 0.274 e. The third-order valence-electron chi connectivity index (χ3n) is 2.77. The molecule has 0 aliphatic rings. The minimum absolute atomic E-state index is 0.271. The van der Waals surface area contributed by atoms with E-state index in [4.69, 9.17) is 23.2 Å². The van der Waals surface area contributed by atoms with E-state index in [9.17, 15) is 4.79 Å². The van der Waals surface area contributed by atoms with Crippen molar-refractivity contribution < 1.29 is 4.79 Å². The molecule has 1 aromatic heterocycles. The van der Waals surface area contributed by atoms with E-state index in [2.05, 4.69) is 34.4 Å². The summed E-state index contributed by atoms with van der Waals surface area (Å²) in [5.41, 5.74) is 0.821. The Labute approximate surface area is 139 Å². The summed E-state index contributed by atoms with van der Waals surface area (Å²) in [4.78, 5) is 20.3. The van der Waals surface area contributed by atoms with Gasteiger partial charge < -0.3 is 10.6 Å². The molecule has 0 radical (unpaired) electrons. The standard InChI is InChI=1S/C15H16Cl2N4O/c1-9(2)7-18-14-6-13(19-8-20-14)15(22)21-10-3-4-11(16)12(17)5-10/h3-6,8-9H,7H2,1-2H3,(H,21,22)(H,18,19,20). The zero-order valence-corrected chi connectivity index (χ0v) is 13.7.